The van der Waals surface area contributed by atoms with Gasteiger partial charge < -0.3 is 0 Å². The molecule has 1 aromatic heterocycles. The van der Waals surface area contributed by atoms with Crippen LogP contribution in [0.15, 0.2) is 24.7 Å². The largest absolute Gasteiger partial charge is 0.274 e. The average Bonchev–Trinajstić information content (AvgIpc) is 2.29. The Kier molecular flexibility index (Phi) is 4.64. The molecule has 0 aliphatic heterocycles. The van der Waals surface area contributed by atoms with E-state index in [0.29, 0.717) is 12.2 Å². The summed E-state index contributed by atoms with van der Waals surface area (Å²) in [5.41, 5.74) is 0.802. The molecule has 0 N–H and O–H groups in total. The lowest BCUT2D eigenvalue weighted by molar-refractivity contribution is -0.117. The van der Waals surface area contributed by atoms with Gasteiger partial charge in [-0.3, -0.25) is 14.7 Å². The Morgan fingerprint density at radius 1 is 1.44 bits per heavy atom. The van der Waals surface area contributed by atoms with Crippen LogP contribution >= 0.6 is 0 Å². The molecule has 4 heteroatoms. The van der Waals surface area contributed by atoms with Crippen LogP contribution in [0.5, 0.6) is 0 Å². The SMILES string of the molecule is CC/C=C\N(C(=O)CC)c1cncc(C)n1. The van der Waals surface area contributed by atoms with Gasteiger partial charge in [-0.25, -0.2) is 4.98 Å². The number of amides is 1. The standard InChI is InChI=1S/C12H17N3O/c1-4-6-7-15(12(16)5-2)11-9-13-8-10(3)14-11/h6-9H,4-5H2,1-3H3/b7-6-. The van der Waals surface area contributed by atoms with Gasteiger partial charge in [-0.15, -0.1) is 0 Å². The molecule has 0 radical (unpaired) electrons. The zero-order valence-corrected chi connectivity index (χ0v) is 9.97. The fourth-order valence-electron chi connectivity index (χ4n) is 1.23. The normalized spacial score (nSPS) is 10.7. The molecule has 1 rings (SSSR count). The van der Waals surface area contributed by atoms with Crippen molar-refractivity contribution in [1.82, 2.24) is 9.97 Å². The Morgan fingerprint density at radius 2 is 2.19 bits per heavy atom. The molecule has 0 fully saturated rings. The van der Waals surface area contributed by atoms with Crippen LogP contribution in [-0.4, -0.2) is 15.9 Å². The highest BCUT2D eigenvalue weighted by Crippen LogP contribution is 2.11. The maximum absolute atomic E-state index is 11.7. The van der Waals surface area contributed by atoms with Gasteiger partial charge in [0.25, 0.3) is 0 Å². The lowest BCUT2D eigenvalue weighted by Gasteiger charge is -2.16. The Bertz CT molecular complexity index is 388. The molecule has 0 saturated heterocycles. The second-order valence-corrected chi connectivity index (χ2v) is 3.43. The maximum Gasteiger partial charge on any atom is 0.231 e. The topological polar surface area (TPSA) is 46.1 Å². The summed E-state index contributed by atoms with van der Waals surface area (Å²) >= 11 is 0. The molecule has 1 amide bonds. The van der Waals surface area contributed by atoms with E-state index in [2.05, 4.69) is 9.97 Å². The zero-order valence-electron chi connectivity index (χ0n) is 9.97. The minimum absolute atomic E-state index is 0.0181. The summed E-state index contributed by atoms with van der Waals surface area (Å²) in [6.07, 6.45) is 8.28. The molecule has 0 aliphatic carbocycles. The third-order valence-corrected chi connectivity index (χ3v) is 2.05. The minimum atomic E-state index is 0.0181. The molecule has 1 heterocycles. The van der Waals surface area contributed by atoms with Crippen LogP contribution in [-0.2, 0) is 4.79 Å². The predicted molar refractivity (Wildman–Crippen MR) is 64.0 cm³/mol. The second kappa shape index (κ2) is 6.00. The van der Waals surface area contributed by atoms with Crippen molar-refractivity contribution < 1.29 is 4.79 Å². The molecule has 0 saturated carbocycles. The first-order valence-electron chi connectivity index (χ1n) is 5.46. The van der Waals surface area contributed by atoms with Gasteiger partial charge in [-0.2, -0.15) is 0 Å². The third kappa shape index (κ3) is 3.15. The van der Waals surface area contributed by atoms with Crippen molar-refractivity contribution >= 4 is 11.7 Å². The van der Waals surface area contributed by atoms with E-state index in [1.165, 1.54) is 0 Å². The highest BCUT2D eigenvalue weighted by molar-refractivity contribution is 5.93. The number of anilines is 1. The van der Waals surface area contributed by atoms with Crippen LogP contribution in [0, 0.1) is 6.92 Å². The van der Waals surface area contributed by atoms with E-state index >= 15 is 0 Å². The van der Waals surface area contributed by atoms with Gasteiger partial charge in [-0.1, -0.05) is 19.9 Å². The summed E-state index contributed by atoms with van der Waals surface area (Å²) in [5, 5.41) is 0. The maximum atomic E-state index is 11.7. The summed E-state index contributed by atoms with van der Waals surface area (Å²) in [6.45, 7) is 5.71. The van der Waals surface area contributed by atoms with Gasteiger partial charge in [0.2, 0.25) is 5.91 Å². The molecule has 0 atom stereocenters. The van der Waals surface area contributed by atoms with Crippen molar-refractivity contribution in [2.75, 3.05) is 4.90 Å². The number of carbonyl (C=O) groups excluding carboxylic acids is 1. The quantitative estimate of drug-likeness (QED) is 0.781. The smallest absolute Gasteiger partial charge is 0.231 e. The first-order valence-corrected chi connectivity index (χ1v) is 5.46. The van der Waals surface area contributed by atoms with Crippen LogP contribution in [0.2, 0.25) is 0 Å². The van der Waals surface area contributed by atoms with Crippen molar-refractivity contribution in [3.05, 3.63) is 30.4 Å². The lowest BCUT2D eigenvalue weighted by Crippen LogP contribution is -2.25. The monoisotopic (exact) mass is 219 g/mol. The zero-order chi connectivity index (χ0) is 12.0. The van der Waals surface area contributed by atoms with Crippen molar-refractivity contribution in [3.63, 3.8) is 0 Å². The van der Waals surface area contributed by atoms with Crippen molar-refractivity contribution in [3.8, 4) is 0 Å². The van der Waals surface area contributed by atoms with E-state index in [9.17, 15) is 4.79 Å². The fourth-order valence-corrected chi connectivity index (χ4v) is 1.23. The van der Waals surface area contributed by atoms with Crippen molar-refractivity contribution in [2.45, 2.75) is 33.6 Å². The minimum Gasteiger partial charge on any atom is -0.274 e. The Balaban J connectivity index is 3.00. The summed E-state index contributed by atoms with van der Waals surface area (Å²) in [5.74, 6) is 0.598. The Hall–Kier alpha value is -1.71. The Morgan fingerprint density at radius 3 is 2.75 bits per heavy atom. The van der Waals surface area contributed by atoms with Gasteiger partial charge in [0.15, 0.2) is 5.82 Å². The molecular formula is C12H17N3O. The van der Waals surface area contributed by atoms with Crippen LogP contribution in [0.4, 0.5) is 5.82 Å². The van der Waals surface area contributed by atoms with Gasteiger partial charge in [0, 0.05) is 18.8 Å². The average molecular weight is 219 g/mol. The molecule has 1 aromatic rings. The van der Waals surface area contributed by atoms with E-state index < -0.39 is 0 Å². The molecule has 0 bridgehead atoms. The van der Waals surface area contributed by atoms with E-state index in [1.54, 1.807) is 23.5 Å². The second-order valence-electron chi connectivity index (χ2n) is 3.43. The van der Waals surface area contributed by atoms with Gasteiger partial charge in [0.05, 0.1) is 11.9 Å². The number of hydrogen-bond donors (Lipinski definition) is 0. The summed E-state index contributed by atoms with van der Waals surface area (Å²) < 4.78 is 0. The number of nitrogens with zero attached hydrogens (tertiary/aromatic N) is 3. The first kappa shape index (κ1) is 12.4. The number of rotatable bonds is 4. The molecule has 0 aromatic carbocycles. The molecule has 0 aliphatic rings. The lowest BCUT2D eigenvalue weighted by atomic mass is 10.3. The highest BCUT2D eigenvalue weighted by Gasteiger charge is 2.12. The van der Waals surface area contributed by atoms with Crippen LogP contribution in [0.25, 0.3) is 0 Å². The first-order chi connectivity index (χ1) is 7.69. The van der Waals surface area contributed by atoms with E-state index in [4.69, 9.17) is 0 Å². The molecule has 0 spiro atoms. The summed E-state index contributed by atoms with van der Waals surface area (Å²) in [4.78, 5) is 21.6. The molecule has 16 heavy (non-hydrogen) atoms. The van der Waals surface area contributed by atoms with Gasteiger partial charge in [-0.05, 0) is 13.3 Å². The fraction of sp³-hybridized carbons (Fsp3) is 0.417. The predicted octanol–water partition coefficient (Wildman–Crippen LogP) is 2.45. The number of carbonyl (C=O) groups is 1. The van der Waals surface area contributed by atoms with Crippen molar-refractivity contribution in [1.29, 1.82) is 0 Å². The Labute approximate surface area is 96.0 Å². The third-order valence-electron chi connectivity index (χ3n) is 2.05. The van der Waals surface area contributed by atoms with Gasteiger partial charge >= 0.3 is 0 Å². The van der Waals surface area contributed by atoms with E-state index in [0.717, 1.165) is 12.1 Å². The van der Waals surface area contributed by atoms with E-state index in [1.807, 2.05) is 26.8 Å². The molecular weight excluding hydrogens is 202 g/mol. The summed E-state index contributed by atoms with van der Waals surface area (Å²) in [7, 11) is 0. The summed E-state index contributed by atoms with van der Waals surface area (Å²) in [6, 6.07) is 0. The molecule has 0 unspecified atom stereocenters. The van der Waals surface area contributed by atoms with E-state index in [-0.39, 0.29) is 5.91 Å². The van der Waals surface area contributed by atoms with Crippen LogP contribution in [0.3, 0.4) is 0 Å². The highest BCUT2D eigenvalue weighted by atomic mass is 16.2. The number of aryl methyl sites for hydroxylation is 1. The molecule has 4 nitrogen and oxygen atoms in total. The number of hydrogen-bond acceptors (Lipinski definition) is 3. The van der Waals surface area contributed by atoms with Crippen LogP contribution in [0.1, 0.15) is 32.4 Å². The number of allylic oxidation sites excluding steroid dienone is 1. The van der Waals surface area contributed by atoms with Gasteiger partial charge in [0.1, 0.15) is 0 Å². The van der Waals surface area contributed by atoms with Crippen molar-refractivity contribution in [2.24, 2.45) is 0 Å². The van der Waals surface area contributed by atoms with Crippen LogP contribution < -0.4 is 4.90 Å². The number of aromatic nitrogens is 2. The molecule has 86 valence electrons.